The van der Waals surface area contributed by atoms with Gasteiger partial charge in [0.2, 0.25) is 0 Å². The van der Waals surface area contributed by atoms with Crippen LogP contribution in [0, 0.1) is 0 Å². The predicted octanol–water partition coefficient (Wildman–Crippen LogP) is 3.64. The molecule has 2 nitrogen and oxygen atoms in total. The topological polar surface area (TPSA) is 14.2 Å². The van der Waals surface area contributed by atoms with Crippen LogP contribution in [0.2, 0.25) is 10.0 Å². The first kappa shape index (κ1) is 9.44. The Balaban J connectivity index is 2.25. The Hall–Kier alpha value is -1.12. The fourth-order valence-electron chi connectivity index (χ4n) is 1.08. The van der Waals surface area contributed by atoms with Crippen molar-refractivity contribution < 1.29 is 4.84 Å². The summed E-state index contributed by atoms with van der Waals surface area (Å²) in [7, 11) is 0. The molecule has 1 aromatic heterocycles. The predicted molar refractivity (Wildman–Crippen MR) is 56.9 cm³/mol. The maximum absolute atomic E-state index is 5.82. The molecule has 72 valence electrons. The third kappa shape index (κ3) is 2.22. The van der Waals surface area contributed by atoms with Crippen LogP contribution < -0.4 is 4.84 Å². The standard InChI is InChI=1S/C10H7Cl2NO/c11-8-5-9(12)7-10(6-8)14-13-3-1-2-4-13/h1-7H. The number of nitrogens with zero attached hydrogens (tertiary/aromatic N) is 1. The molecule has 0 spiro atoms. The van der Waals surface area contributed by atoms with Crippen molar-refractivity contribution in [1.82, 2.24) is 4.73 Å². The smallest absolute Gasteiger partial charge is 0.158 e. The van der Waals surface area contributed by atoms with Crippen LogP contribution in [-0.2, 0) is 0 Å². The molecule has 1 aromatic carbocycles. The highest BCUT2D eigenvalue weighted by Gasteiger charge is 1.99. The van der Waals surface area contributed by atoms with Gasteiger partial charge in [-0.3, -0.25) is 0 Å². The van der Waals surface area contributed by atoms with Crippen molar-refractivity contribution in [2.75, 3.05) is 0 Å². The summed E-state index contributed by atoms with van der Waals surface area (Å²) in [5.41, 5.74) is 0. The van der Waals surface area contributed by atoms with E-state index in [0.29, 0.717) is 15.8 Å². The normalized spacial score (nSPS) is 10.1. The molecule has 0 aliphatic heterocycles. The zero-order valence-electron chi connectivity index (χ0n) is 7.15. The summed E-state index contributed by atoms with van der Waals surface area (Å²) in [6.07, 6.45) is 3.57. The summed E-state index contributed by atoms with van der Waals surface area (Å²) in [5, 5.41) is 1.11. The molecule has 2 rings (SSSR count). The first-order chi connectivity index (χ1) is 6.74. The maximum Gasteiger partial charge on any atom is 0.158 e. The second-order valence-corrected chi connectivity index (χ2v) is 3.61. The summed E-state index contributed by atoms with van der Waals surface area (Å²) < 4.78 is 1.57. The van der Waals surface area contributed by atoms with Gasteiger partial charge in [-0.15, -0.1) is 0 Å². The van der Waals surface area contributed by atoms with Gasteiger partial charge in [0.05, 0.1) is 0 Å². The molecule has 2 aromatic rings. The lowest BCUT2D eigenvalue weighted by Crippen LogP contribution is -2.00. The van der Waals surface area contributed by atoms with Crippen LogP contribution in [0.25, 0.3) is 0 Å². The summed E-state index contributed by atoms with van der Waals surface area (Å²) in [6.45, 7) is 0. The number of hydrogen-bond acceptors (Lipinski definition) is 1. The van der Waals surface area contributed by atoms with E-state index in [9.17, 15) is 0 Å². The van der Waals surface area contributed by atoms with Crippen LogP contribution in [0.5, 0.6) is 5.75 Å². The first-order valence-corrected chi connectivity index (χ1v) is 4.77. The number of hydrogen-bond donors (Lipinski definition) is 0. The molecule has 1 heterocycles. The minimum absolute atomic E-state index is 0.555. The van der Waals surface area contributed by atoms with Gasteiger partial charge in [-0.25, -0.2) is 0 Å². The average molecular weight is 228 g/mol. The number of aromatic nitrogens is 1. The van der Waals surface area contributed by atoms with Gasteiger partial charge in [0, 0.05) is 34.6 Å². The highest BCUT2D eigenvalue weighted by atomic mass is 35.5. The van der Waals surface area contributed by atoms with Crippen molar-refractivity contribution in [3.05, 3.63) is 52.8 Å². The Kier molecular flexibility index (Phi) is 2.66. The molecule has 0 radical (unpaired) electrons. The summed E-state index contributed by atoms with van der Waals surface area (Å²) in [6, 6.07) is 8.80. The van der Waals surface area contributed by atoms with Gasteiger partial charge in [0.15, 0.2) is 5.75 Å². The van der Waals surface area contributed by atoms with Crippen molar-refractivity contribution >= 4 is 23.2 Å². The highest BCUT2D eigenvalue weighted by Crippen LogP contribution is 2.24. The van der Waals surface area contributed by atoms with Crippen molar-refractivity contribution in [2.45, 2.75) is 0 Å². The van der Waals surface area contributed by atoms with Crippen LogP contribution in [0.4, 0.5) is 0 Å². The Morgan fingerprint density at radius 3 is 2.07 bits per heavy atom. The molecule has 0 bridgehead atoms. The molecule has 0 N–H and O–H groups in total. The molecular weight excluding hydrogens is 221 g/mol. The average Bonchev–Trinajstić information content (AvgIpc) is 2.54. The Morgan fingerprint density at radius 2 is 1.50 bits per heavy atom. The van der Waals surface area contributed by atoms with E-state index in [4.69, 9.17) is 28.0 Å². The van der Waals surface area contributed by atoms with Crippen LogP contribution >= 0.6 is 23.2 Å². The van der Waals surface area contributed by atoms with E-state index in [1.165, 1.54) is 0 Å². The fourth-order valence-corrected chi connectivity index (χ4v) is 1.59. The lowest BCUT2D eigenvalue weighted by atomic mass is 10.3. The van der Waals surface area contributed by atoms with Crippen LogP contribution in [0.15, 0.2) is 42.7 Å². The molecular formula is C10H7Cl2NO. The second kappa shape index (κ2) is 3.95. The maximum atomic E-state index is 5.82. The van der Waals surface area contributed by atoms with Crippen LogP contribution in [0.1, 0.15) is 0 Å². The minimum Gasteiger partial charge on any atom is -0.376 e. The van der Waals surface area contributed by atoms with Gasteiger partial charge in [0.1, 0.15) is 0 Å². The Bertz CT molecular complexity index is 405. The van der Waals surface area contributed by atoms with E-state index in [-0.39, 0.29) is 0 Å². The molecule has 0 aliphatic rings. The molecule has 0 aliphatic carbocycles. The molecule has 0 unspecified atom stereocenters. The molecule has 0 saturated heterocycles. The minimum atomic E-state index is 0.555. The number of benzene rings is 1. The lowest BCUT2D eigenvalue weighted by Gasteiger charge is -2.06. The van der Waals surface area contributed by atoms with Crippen LogP contribution in [-0.4, -0.2) is 4.73 Å². The van der Waals surface area contributed by atoms with E-state index < -0.39 is 0 Å². The third-order valence-electron chi connectivity index (χ3n) is 1.62. The van der Waals surface area contributed by atoms with Gasteiger partial charge in [0.25, 0.3) is 0 Å². The van der Waals surface area contributed by atoms with Gasteiger partial charge >= 0.3 is 0 Å². The summed E-state index contributed by atoms with van der Waals surface area (Å²) in [5.74, 6) is 0.610. The summed E-state index contributed by atoms with van der Waals surface area (Å²) in [4.78, 5) is 5.43. The third-order valence-corrected chi connectivity index (χ3v) is 2.06. The molecule has 0 atom stereocenters. The van der Waals surface area contributed by atoms with Crippen LogP contribution in [0.3, 0.4) is 0 Å². The lowest BCUT2D eigenvalue weighted by molar-refractivity contribution is 0.217. The Morgan fingerprint density at radius 1 is 0.929 bits per heavy atom. The van der Waals surface area contributed by atoms with Crippen molar-refractivity contribution in [1.29, 1.82) is 0 Å². The van der Waals surface area contributed by atoms with Gasteiger partial charge in [-0.1, -0.05) is 23.2 Å². The second-order valence-electron chi connectivity index (χ2n) is 2.74. The van der Waals surface area contributed by atoms with Gasteiger partial charge < -0.3 is 4.84 Å². The number of halogens is 2. The molecule has 0 fully saturated rings. The quantitative estimate of drug-likeness (QED) is 0.765. The van der Waals surface area contributed by atoms with E-state index in [2.05, 4.69) is 0 Å². The molecule has 4 heteroatoms. The van der Waals surface area contributed by atoms with E-state index in [1.54, 1.807) is 35.3 Å². The monoisotopic (exact) mass is 227 g/mol. The fraction of sp³-hybridized carbons (Fsp3) is 0. The zero-order chi connectivity index (χ0) is 9.97. The zero-order valence-corrected chi connectivity index (χ0v) is 8.66. The number of rotatable bonds is 2. The van der Waals surface area contributed by atoms with Crippen molar-refractivity contribution in [3.63, 3.8) is 0 Å². The van der Waals surface area contributed by atoms with Gasteiger partial charge in [-0.2, -0.15) is 4.73 Å². The molecule has 14 heavy (non-hydrogen) atoms. The largest absolute Gasteiger partial charge is 0.376 e. The van der Waals surface area contributed by atoms with Gasteiger partial charge in [-0.05, 0) is 18.2 Å². The first-order valence-electron chi connectivity index (χ1n) is 4.01. The van der Waals surface area contributed by atoms with Crippen molar-refractivity contribution in [3.8, 4) is 5.75 Å². The Labute approximate surface area is 91.6 Å². The van der Waals surface area contributed by atoms with E-state index in [1.807, 2.05) is 12.1 Å². The molecule has 0 saturated carbocycles. The summed E-state index contributed by atoms with van der Waals surface area (Å²) >= 11 is 11.6. The van der Waals surface area contributed by atoms with Crippen molar-refractivity contribution in [2.24, 2.45) is 0 Å². The molecule has 0 amide bonds. The van der Waals surface area contributed by atoms with E-state index in [0.717, 1.165) is 0 Å². The van der Waals surface area contributed by atoms with E-state index >= 15 is 0 Å². The SMILES string of the molecule is Clc1cc(Cl)cc(On2cccc2)c1. The highest BCUT2D eigenvalue weighted by molar-refractivity contribution is 6.34.